The Hall–Kier alpha value is -3.84. The molecule has 0 aliphatic heterocycles. The SMILES string of the molecule is CC(C)(C)c1cc(C(=O)Cn2c(=N)n(Cc3ccccc3C(=O)O)c3ccccc32)cc(C(C)(C)C)c1O.Cl. The molecule has 0 unspecified atom stereocenters. The van der Waals surface area contributed by atoms with Crippen LogP contribution in [0.3, 0.4) is 0 Å². The molecule has 0 amide bonds. The molecule has 3 aromatic carbocycles. The van der Waals surface area contributed by atoms with Crippen molar-refractivity contribution in [2.24, 2.45) is 0 Å². The number of nitrogens with zero attached hydrogens (tertiary/aromatic N) is 2. The van der Waals surface area contributed by atoms with E-state index in [0.717, 1.165) is 5.52 Å². The van der Waals surface area contributed by atoms with E-state index in [2.05, 4.69) is 0 Å². The summed E-state index contributed by atoms with van der Waals surface area (Å²) < 4.78 is 3.38. The number of halogens is 1. The van der Waals surface area contributed by atoms with Gasteiger partial charge in [0.25, 0.3) is 0 Å². The first-order valence-corrected chi connectivity index (χ1v) is 12.6. The molecule has 1 aromatic heterocycles. The summed E-state index contributed by atoms with van der Waals surface area (Å²) >= 11 is 0. The average Bonchev–Trinajstić information content (AvgIpc) is 3.09. The maximum atomic E-state index is 13.7. The molecule has 0 radical (unpaired) electrons. The first-order valence-electron chi connectivity index (χ1n) is 12.6. The van der Waals surface area contributed by atoms with Gasteiger partial charge in [0.1, 0.15) is 5.75 Å². The molecule has 0 fully saturated rings. The summed E-state index contributed by atoms with van der Waals surface area (Å²) in [6.45, 7) is 12.1. The van der Waals surface area contributed by atoms with E-state index in [4.69, 9.17) is 5.41 Å². The fraction of sp³-hybridized carbons (Fsp3) is 0.323. The highest BCUT2D eigenvalue weighted by molar-refractivity contribution is 5.97. The number of aromatic nitrogens is 2. The number of carbonyl (C=O) groups excluding carboxylic acids is 1. The number of Topliss-reactive ketones (excluding diaryl/α,β-unsaturated/α-hetero) is 1. The maximum Gasteiger partial charge on any atom is 0.336 e. The Morgan fingerprint density at radius 3 is 1.82 bits per heavy atom. The predicted molar refractivity (Wildman–Crippen MR) is 155 cm³/mol. The van der Waals surface area contributed by atoms with Crippen LogP contribution in [-0.2, 0) is 23.9 Å². The van der Waals surface area contributed by atoms with Crippen LogP contribution in [0.4, 0.5) is 0 Å². The summed E-state index contributed by atoms with van der Waals surface area (Å²) in [7, 11) is 0. The number of phenols is 1. The molecule has 0 aliphatic carbocycles. The third-order valence-electron chi connectivity index (χ3n) is 6.90. The highest BCUT2D eigenvalue weighted by Gasteiger charge is 2.28. The zero-order valence-corrected chi connectivity index (χ0v) is 24.0. The van der Waals surface area contributed by atoms with Crippen molar-refractivity contribution in [2.75, 3.05) is 0 Å². The normalized spacial score (nSPS) is 11.8. The minimum atomic E-state index is -1.02. The second-order valence-corrected chi connectivity index (χ2v) is 11.8. The van der Waals surface area contributed by atoms with Crippen LogP contribution in [0.25, 0.3) is 11.0 Å². The van der Waals surface area contributed by atoms with E-state index < -0.39 is 5.97 Å². The number of nitrogens with one attached hydrogen (secondary N) is 1. The molecule has 0 atom stereocenters. The van der Waals surface area contributed by atoms with Crippen molar-refractivity contribution in [3.8, 4) is 5.75 Å². The Kier molecular flexibility index (Phi) is 8.18. The molecule has 39 heavy (non-hydrogen) atoms. The second kappa shape index (κ2) is 10.7. The van der Waals surface area contributed by atoms with Crippen LogP contribution in [0.5, 0.6) is 5.75 Å². The topological polar surface area (TPSA) is 108 Å². The fourth-order valence-electron chi connectivity index (χ4n) is 4.83. The van der Waals surface area contributed by atoms with Crippen molar-refractivity contribution in [3.63, 3.8) is 0 Å². The van der Waals surface area contributed by atoms with Gasteiger partial charge in [-0.2, -0.15) is 0 Å². The number of ketones is 1. The van der Waals surface area contributed by atoms with E-state index in [9.17, 15) is 19.8 Å². The molecule has 4 aromatic rings. The number of hydrogen-bond donors (Lipinski definition) is 3. The van der Waals surface area contributed by atoms with E-state index in [0.29, 0.717) is 27.8 Å². The van der Waals surface area contributed by atoms with Crippen LogP contribution < -0.4 is 5.62 Å². The molecule has 206 valence electrons. The van der Waals surface area contributed by atoms with Crippen LogP contribution in [0.2, 0.25) is 0 Å². The van der Waals surface area contributed by atoms with Crippen LogP contribution in [-0.4, -0.2) is 31.1 Å². The van der Waals surface area contributed by atoms with E-state index >= 15 is 0 Å². The lowest BCUT2D eigenvalue weighted by Crippen LogP contribution is -2.28. The second-order valence-electron chi connectivity index (χ2n) is 11.8. The number of para-hydroxylation sites is 2. The van der Waals surface area contributed by atoms with Crippen molar-refractivity contribution in [2.45, 2.75) is 65.5 Å². The van der Waals surface area contributed by atoms with Gasteiger partial charge in [0.15, 0.2) is 5.78 Å². The molecule has 4 rings (SSSR count). The number of phenolic OH excluding ortho intramolecular Hbond substituents is 1. The third kappa shape index (κ3) is 5.78. The molecule has 0 bridgehead atoms. The smallest absolute Gasteiger partial charge is 0.336 e. The Labute approximate surface area is 234 Å². The molecule has 0 aliphatic rings. The molecular formula is C31H36ClN3O4. The van der Waals surface area contributed by atoms with Crippen molar-refractivity contribution in [1.82, 2.24) is 9.13 Å². The van der Waals surface area contributed by atoms with Crippen molar-refractivity contribution in [3.05, 3.63) is 94.1 Å². The monoisotopic (exact) mass is 549 g/mol. The van der Waals surface area contributed by atoms with Gasteiger partial charge in [0.2, 0.25) is 5.62 Å². The number of benzene rings is 3. The number of carboxylic acid groups (broad SMARTS) is 1. The number of carboxylic acids is 1. The molecule has 3 N–H and O–H groups in total. The number of carbonyl (C=O) groups is 2. The Bertz CT molecular complexity index is 1580. The van der Waals surface area contributed by atoms with Gasteiger partial charge in [-0.15, -0.1) is 12.4 Å². The highest BCUT2D eigenvalue weighted by Crippen LogP contribution is 2.40. The van der Waals surface area contributed by atoms with E-state index in [1.54, 1.807) is 45.5 Å². The lowest BCUT2D eigenvalue weighted by Gasteiger charge is -2.28. The zero-order valence-electron chi connectivity index (χ0n) is 23.2. The number of imidazole rings is 1. The first-order chi connectivity index (χ1) is 17.7. The Balaban J connectivity index is 0.00000420. The summed E-state index contributed by atoms with van der Waals surface area (Å²) in [5.74, 6) is -0.985. The summed E-state index contributed by atoms with van der Waals surface area (Å²) in [5, 5.41) is 29.6. The zero-order chi connectivity index (χ0) is 28.0. The molecule has 8 heteroatoms. The van der Waals surface area contributed by atoms with Gasteiger partial charge in [-0.3, -0.25) is 10.2 Å². The number of aromatic carboxylic acids is 1. The number of aromatic hydroxyl groups is 1. The lowest BCUT2D eigenvalue weighted by atomic mass is 9.78. The standard InChI is InChI=1S/C31H35N3O4.ClH/c1-30(2,3)22-15-20(16-23(27(22)36)31(4,5)6)26(35)18-34-25-14-10-9-13-24(25)33(29(34)32)17-19-11-7-8-12-21(19)28(37)38;/h7-16,32,36H,17-18H2,1-6H3,(H,37,38);1H. The Morgan fingerprint density at radius 2 is 1.31 bits per heavy atom. The van der Waals surface area contributed by atoms with E-state index in [1.165, 1.54) is 0 Å². The van der Waals surface area contributed by atoms with Gasteiger partial charge in [-0.25, -0.2) is 4.79 Å². The first kappa shape index (κ1) is 29.7. The predicted octanol–water partition coefficient (Wildman–Crippen LogP) is 6.27. The summed E-state index contributed by atoms with van der Waals surface area (Å²) in [6, 6.07) is 17.7. The molecule has 0 saturated heterocycles. The quantitative estimate of drug-likeness (QED) is 0.246. The van der Waals surface area contributed by atoms with Gasteiger partial charge in [-0.1, -0.05) is 71.9 Å². The van der Waals surface area contributed by atoms with Crippen LogP contribution in [0.15, 0.2) is 60.7 Å². The molecular weight excluding hydrogens is 514 g/mol. The van der Waals surface area contributed by atoms with E-state index in [1.807, 2.05) is 65.8 Å². The fourth-order valence-corrected chi connectivity index (χ4v) is 4.83. The minimum absolute atomic E-state index is 0. The average molecular weight is 550 g/mol. The summed E-state index contributed by atoms with van der Waals surface area (Å²) in [4.78, 5) is 25.5. The maximum absolute atomic E-state index is 13.7. The largest absolute Gasteiger partial charge is 0.507 e. The minimum Gasteiger partial charge on any atom is -0.507 e. The van der Waals surface area contributed by atoms with Crippen molar-refractivity contribution < 1.29 is 19.8 Å². The number of hydrogen-bond acceptors (Lipinski definition) is 4. The molecule has 1 heterocycles. The number of rotatable bonds is 6. The summed E-state index contributed by atoms with van der Waals surface area (Å²) in [6.07, 6.45) is 0. The highest BCUT2D eigenvalue weighted by atomic mass is 35.5. The lowest BCUT2D eigenvalue weighted by molar-refractivity contribution is 0.0695. The van der Waals surface area contributed by atoms with Crippen LogP contribution in [0, 0.1) is 5.41 Å². The van der Waals surface area contributed by atoms with Gasteiger partial charge in [-0.05, 0) is 46.7 Å². The van der Waals surface area contributed by atoms with Gasteiger partial charge in [0.05, 0.1) is 29.7 Å². The van der Waals surface area contributed by atoms with Gasteiger partial charge < -0.3 is 19.3 Å². The van der Waals surface area contributed by atoms with Gasteiger partial charge >= 0.3 is 5.97 Å². The molecule has 0 saturated carbocycles. The van der Waals surface area contributed by atoms with Crippen LogP contribution >= 0.6 is 12.4 Å². The Morgan fingerprint density at radius 1 is 0.821 bits per heavy atom. The van der Waals surface area contributed by atoms with E-state index in [-0.39, 0.29) is 59.0 Å². The molecule has 0 spiro atoms. The number of fused-ring (bicyclic) bond motifs is 1. The van der Waals surface area contributed by atoms with Crippen molar-refractivity contribution in [1.29, 1.82) is 5.41 Å². The van der Waals surface area contributed by atoms with Gasteiger partial charge in [0, 0.05) is 16.7 Å². The summed E-state index contributed by atoms with van der Waals surface area (Å²) in [5.41, 5.74) is 3.46. The van der Waals surface area contributed by atoms with Crippen molar-refractivity contribution >= 4 is 35.2 Å². The molecule has 7 nitrogen and oxygen atoms in total. The third-order valence-corrected chi connectivity index (χ3v) is 6.90. The van der Waals surface area contributed by atoms with Crippen LogP contribution in [0.1, 0.15) is 78.9 Å².